The van der Waals surface area contributed by atoms with E-state index in [1.165, 1.54) is 18.2 Å². The Hall–Kier alpha value is -2.48. The molecule has 0 aliphatic carbocycles. The molecule has 27 heavy (non-hydrogen) atoms. The minimum Gasteiger partial charge on any atom is -0.379 e. The molecule has 8 heteroatoms. The van der Waals surface area contributed by atoms with E-state index in [0.29, 0.717) is 26.3 Å². The van der Waals surface area contributed by atoms with Crippen LogP contribution in [0.2, 0.25) is 5.02 Å². The zero-order valence-corrected chi connectivity index (χ0v) is 15.5. The number of hydrogen-bond donors (Lipinski definition) is 0. The summed E-state index contributed by atoms with van der Waals surface area (Å²) in [7, 11) is 0. The van der Waals surface area contributed by atoms with Gasteiger partial charge in [-0.25, -0.2) is 0 Å². The highest BCUT2D eigenvalue weighted by molar-refractivity contribution is 6.34. The summed E-state index contributed by atoms with van der Waals surface area (Å²) in [5, 5.41) is 11.3. The molecule has 1 saturated heterocycles. The minimum absolute atomic E-state index is 0.122. The number of halogens is 1. The summed E-state index contributed by atoms with van der Waals surface area (Å²) >= 11 is 6.18. The average Bonchev–Trinajstić information content (AvgIpc) is 2.69. The second kappa shape index (κ2) is 8.94. The van der Waals surface area contributed by atoms with Crippen LogP contribution < -0.4 is 4.90 Å². The van der Waals surface area contributed by atoms with Crippen LogP contribution >= 0.6 is 11.6 Å². The number of nitro benzene ring substituents is 1. The zero-order valence-electron chi connectivity index (χ0n) is 14.7. The topological polar surface area (TPSA) is 75.9 Å². The van der Waals surface area contributed by atoms with Crippen LogP contribution in [0.1, 0.15) is 10.4 Å². The Morgan fingerprint density at radius 1 is 1.19 bits per heavy atom. The Kier molecular flexibility index (Phi) is 6.39. The van der Waals surface area contributed by atoms with E-state index in [1.54, 1.807) is 4.90 Å². The maximum atomic E-state index is 13.2. The molecule has 7 nitrogen and oxygen atoms in total. The second-order valence-electron chi connectivity index (χ2n) is 6.17. The van der Waals surface area contributed by atoms with Crippen molar-refractivity contribution in [2.75, 3.05) is 44.3 Å². The van der Waals surface area contributed by atoms with Crippen LogP contribution in [0, 0.1) is 10.1 Å². The number of carbonyl (C=O) groups excluding carboxylic acids is 1. The van der Waals surface area contributed by atoms with Crippen molar-refractivity contribution in [3.05, 3.63) is 69.2 Å². The first kappa shape index (κ1) is 19.3. The van der Waals surface area contributed by atoms with Crippen molar-refractivity contribution >= 4 is 28.9 Å². The normalized spacial score (nSPS) is 14.7. The monoisotopic (exact) mass is 389 g/mol. The highest BCUT2D eigenvalue weighted by Gasteiger charge is 2.23. The lowest BCUT2D eigenvalue weighted by molar-refractivity contribution is -0.384. The molecule has 3 rings (SSSR count). The van der Waals surface area contributed by atoms with Gasteiger partial charge in [-0.05, 0) is 18.2 Å². The predicted octanol–water partition coefficient (Wildman–Crippen LogP) is 3.23. The largest absolute Gasteiger partial charge is 0.379 e. The molecule has 0 aromatic heterocycles. The predicted molar refractivity (Wildman–Crippen MR) is 103 cm³/mol. The summed E-state index contributed by atoms with van der Waals surface area (Å²) < 4.78 is 5.36. The van der Waals surface area contributed by atoms with Crippen molar-refractivity contribution in [3.63, 3.8) is 0 Å². The molecule has 0 radical (unpaired) electrons. The van der Waals surface area contributed by atoms with Gasteiger partial charge in [0.05, 0.1) is 28.7 Å². The molecule has 142 valence electrons. The maximum absolute atomic E-state index is 13.2. The summed E-state index contributed by atoms with van der Waals surface area (Å²) in [6.45, 7) is 4.10. The summed E-state index contributed by atoms with van der Waals surface area (Å²) in [4.78, 5) is 27.6. The smallest absolute Gasteiger partial charge is 0.270 e. The Morgan fingerprint density at radius 2 is 1.89 bits per heavy atom. The van der Waals surface area contributed by atoms with Gasteiger partial charge < -0.3 is 9.64 Å². The van der Waals surface area contributed by atoms with Crippen LogP contribution in [0.5, 0.6) is 0 Å². The van der Waals surface area contributed by atoms with Crippen molar-refractivity contribution in [1.29, 1.82) is 0 Å². The summed E-state index contributed by atoms with van der Waals surface area (Å²) in [5.41, 5.74) is 0.680. The van der Waals surface area contributed by atoms with Crippen LogP contribution in [0.15, 0.2) is 48.5 Å². The van der Waals surface area contributed by atoms with E-state index >= 15 is 0 Å². The van der Waals surface area contributed by atoms with Crippen LogP contribution in [-0.2, 0) is 4.74 Å². The fraction of sp³-hybridized carbons (Fsp3) is 0.316. The molecule has 2 aromatic carbocycles. The van der Waals surface area contributed by atoms with E-state index in [-0.39, 0.29) is 22.2 Å². The van der Waals surface area contributed by atoms with Crippen molar-refractivity contribution in [2.24, 2.45) is 0 Å². The van der Waals surface area contributed by atoms with E-state index in [0.717, 1.165) is 18.8 Å². The van der Waals surface area contributed by atoms with Gasteiger partial charge in [-0.1, -0.05) is 29.8 Å². The number of carbonyl (C=O) groups is 1. The first-order valence-corrected chi connectivity index (χ1v) is 9.05. The van der Waals surface area contributed by atoms with Gasteiger partial charge in [-0.15, -0.1) is 0 Å². The Bertz CT molecular complexity index is 810. The van der Waals surface area contributed by atoms with Gasteiger partial charge in [0.25, 0.3) is 11.6 Å². The maximum Gasteiger partial charge on any atom is 0.270 e. The van der Waals surface area contributed by atoms with Crippen LogP contribution in [0.3, 0.4) is 0 Å². The Morgan fingerprint density at radius 3 is 2.56 bits per heavy atom. The van der Waals surface area contributed by atoms with Gasteiger partial charge in [0.1, 0.15) is 0 Å². The first-order valence-electron chi connectivity index (χ1n) is 8.67. The van der Waals surface area contributed by atoms with E-state index in [2.05, 4.69) is 4.90 Å². The number of ether oxygens (including phenoxy) is 1. The third kappa shape index (κ3) is 4.82. The van der Waals surface area contributed by atoms with E-state index in [1.807, 2.05) is 30.3 Å². The van der Waals surface area contributed by atoms with E-state index in [9.17, 15) is 14.9 Å². The summed E-state index contributed by atoms with van der Waals surface area (Å²) in [6.07, 6.45) is 0. The van der Waals surface area contributed by atoms with E-state index in [4.69, 9.17) is 16.3 Å². The molecule has 2 aromatic rings. The van der Waals surface area contributed by atoms with E-state index < -0.39 is 4.92 Å². The number of anilines is 1. The highest BCUT2D eigenvalue weighted by atomic mass is 35.5. The number of rotatable bonds is 6. The molecule has 1 aliphatic heterocycles. The van der Waals surface area contributed by atoms with Crippen molar-refractivity contribution in [1.82, 2.24) is 4.90 Å². The molecule has 0 unspecified atom stereocenters. The third-order valence-corrected chi connectivity index (χ3v) is 4.78. The quantitative estimate of drug-likeness (QED) is 0.560. The fourth-order valence-corrected chi connectivity index (χ4v) is 3.16. The molecule has 0 spiro atoms. The van der Waals surface area contributed by atoms with Crippen molar-refractivity contribution in [3.8, 4) is 0 Å². The number of nitrogens with zero attached hydrogens (tertiary/aromatic N) is 3. The van der Waals surface area contributed by atoms with Gasteiger partial charge in [-0.3, -0.25) is 19.8 Å². The number of non-ortho nitro benzene ring substituents is 1. The van der Waals surface area contributed by atoms with Gasteiger partial charge in [0.2, 0.25) is 0 Å². The van der Waals surface area contributed by atoms with Crippen molar-refractivity contribution in [2.45, 2.75) is 0 Å². The molecule has 0 saturated carbocycles. The molecule has 1 heterocycles. The lowest BCUT2D eigenvalue weighted by Gasteiger charge is -2.30. The molecule has 0 bridgehead atoms. The molecular weight excluding hydrogens is 370 g/mol. The molecule has 1 aliphatic rings. The van der Waals surface area contributed by atoms with Crippen LogP contribution in [0.4, 0.5) is 11.4 Å². The first-order chi connectivity index (χ1) is 13.1. The van der Waals surface area contributed by atoms with Gasteiger partial charge >= 0.3 is 0 Å². The summed E-state index contributed by atoms with van der Waals surface area (Å²) in [6, 6.07) is 13.1. The van der Waals surface area contributed by atoms with Gasteiger partial charge in [0.15, 0.2) is 0 Å². The minimum atomic E-state index is -0.534. The molecule has 1 amide bonds. The lowest BCUT2D eigenvalue weighted by atomic mass is 10.1. The number of amides is 1. The Labute approximate surface area is 162 Å². The fourth-order valence-electron chi connectivity index (χ4n) is 2.96. The lowest BCUT2D eigenvalue weighted by Crippen LogP contribution is -2.43. The number of morpholine rings is 1. The molecule has 1 fully saturated rings. The molecule has 0 N–H and O–H groups in total. The van der Waals surface area contributed by atoms with Gasteiger partial charge in [0, 0.05) is 44.0 Å². The number of benzene rings is 2. The summed E-state index contributed by atoms with van der Waals surface area (Å²) in [5.74, 6) is -0.358. The average molecular weight is 390 g/mol. The van der Waals surface area contributed by atoms with Crippen LogP contribution in [0.25, 0.3) is 0 Å². The van der Waals surface area contributed by atoms with Crippen molar-refractivity contribution < 1.29 is 14.5 Å². The van der Waals surface area contributed by atoms with Gasteiger partial charge in [-0.2, -0.15) is 0 Å². The standard InChI is InChI=1S/C19H20ClN3O4/c20-18-7-6-16(23(25)26)14-17(18)19(24)22(15-4-2-1-3-5-15)9-8-21-10-12-27-13-11-21/h1-7,14H,8-13H2. The molecule has 0 atom stereocenters. The third-order valence-electron chi connectivity index (χ3n) is 4.45. The SMILES string of the molecule is O=C(c1cc([N+](=O)[O-])ccc1Cl)N(CCN1CCOCC1)c1ccccc1. The van der Waals surface area contributed by atoms with Crippen LogP contribution in [-0.4, -0.2) is 55.1 Å². The number of para-hydroxylation sites is 1. The Balaban J connectivity index is 1.86. The highest BCUT2D eigenvalue weighted by Crippen LogP contribution is 2.25. The number of hydrogen-bond acceptors (Lipinski definition) is 5. The second-order valence-corrected chi connectivity index (χ2v) is 6.57. The molecular formula is C19H20ClN3O4. The number of nitro groups is 1. The zero-order chi connectivity index (χ0) is 19.2.